The van der Waals surface area contributed by atoms with Crippen molar-refractivity contribution >= 4 is 12.0 Å². The van der Waals surface area contributed by atoms with E-state index in [1.165, 1.54) is 5.57 Å². The molecule has 0 aliphatic heterocycles. The average Bonchev–Trinajstić information content (AvgIpc) is 2.79. The summed E-state index contributed by atoms with van der Waals surface area (Å²) in [6.45, 7) is 4.03. The lowest BCUT2D eigenvalue weighted by atomic mass is 10.1. The summed E-state index contributed by atoms with van der Waals surface area (Å²) in [5.74, 6) is -0.660. The average molecular weight is 259 g/mol. The standard InChI is InChI=1S/C13H13N3O3/c1-8(2)7-9-3-5-10(6-4-9)19-12-11(13(17)18)14-16-15-12/h3-7H,1-2H3,(H,17,18)(H,14,15,16). The van der Waals surface area contributed by atoms with Crippen molar-refractivity contribution in [2.45, 2.75) is 13.8 Å². The maximum absolute atomic E-state index is 10.8. The van der Waals surface area contributed by atoms with Gasteiger partial charge < -0.3 is 9.84 Å². The quantitative estimate of drug-likeness (QED) is 0.881. The number of aromatic amines is 1. The Kier molecular flexibility index (Phi) is 3.61. The fraction of sp³-hybridized carbons (Fsp3) is 0.154. The fourth-order valence-electron chi connectivity index (χ4n) is 1.51. The van der Waals surface area contributed by atoms with E-state index in [1.807, 2.05) is 32.1 Å². The predicted molar refractivity (Wildman–Crippen MR) is 69.2 cm³/mol. The number of benzene rings is 1. The Morgan fingerprint density at radius 1 is 1.32 bits per heavy atom. The minimum atomic E-state index is -1.19. The van der Waals surface area contributed by atoms with Gasteiger partial charge in [-0.3, -0.25) is 0 Å². The van der Waals surface area contributed by atoms with Gasteiger partial charge in [-0.2, -0.15) is 0 Å². The van der Waals surface area contributed by atoms with Gasteiger partial charge in [-0.05, 0) is 31.5 Å². The van der Waals surface area contributed by atoms with Crippen LogP contribution in [0.3, 0.4) is 0 Å². The van der Waals surface area contributed by atoms with Gasteiger partial charge in [0.05, 0.1) is 0 Å². The lowest BCUT2D eigenvalue weighted by molar-refractivity contribution is 0.0687. The lowest BCUT2D eigenvalue weighted by Crippen LogP contribution is -1.99. The monoisotopic (exact) mass is 259 g/mol. The van der Waals surface area contributed by atoms with Gasteiger partial charge in [-0.25, -0.2) is 9.89 Å². The van der Waals surface area contributed by atoms with Crippen molar-refractivity contribution in [3.05, 3.63) is 41.1 Å². The molecule has 6 nitrogen and oxygen atoms in total. The Labute approximate surface area is 109 Å². The van der Waals surface area contributed by atoms with Crippen molar-refractivity contribution in [2.75, 3.05) is 0 Å². The van der Waals surface area contributed by atoms with Crippen LogP contribution in [0.2, 0.25) is 0 Å². The number of hydrogen-bond donors (Lipinski definition) is 2. The highest BCUT2D eigenvalue weighted by atomic mass is 16.5. The molecule has 0 aliphatic rings. The first-order chi connectivity index (χ1) is 9.06. The second kappa shape index (κ2) is 5.34. The first kappa shape index (κ1) is 12.8. The van der Waals surface area contributed by atoms with Crippen LogP contribution in [0.25, 0.3) is 6.08 Å². The number of carboxylic acid groups (broad SMARTS) is 1. The zero-order valence-corrected chi connectivity index (χ0v) is 10.5. The highest BCUT2D eigenvalue weighted by Crippen LogP contribution is 2.22. The first-order valence-corrected chi connectivity index (χ1v) is 5.63. The molecule has 0 saturated carbocycles. The molecule has 0 spiro atoms. The Bertz CT molecular complexity index is 610. The number of carboxylic acids is 1. The molecule has 1 heterocycles. The summed E-state index contributed by atoms with van der Waals surface area (Å²) in [6, 6.07) is 7.27. The van der Waals surface area contributed by atoms with E-state index in [-0.39, 0.29) is 11.6 Å². The zero-order valence-electron chi connectivity index (χ0n) is 10.5. The summed E-state index contributed by atoms with van der Waals surface area (Å²) >= 11 is 0. The largest absolute Gasteiger partial charge is 0.476 e. The van der Waals surface area contributed by atoms with Crippen molar-refractivity contribution in [3.8, 4) is 11.6 Å². The summed E-state index contributed by atoms with van der Waals surface area (Å²) in [5.41, 5.74) is 2.00. The van der Waals surface area contributed by atoms with Gasteiger partial charge in [-0.15, -0.1) is 5.10 Å². The van der Waals surface area contributed by atoms with Gasteiger partial charge in [0.15, 0.2) is 0 Å². The molecular weight excluding hydrogens is 246 g/mol. The molecule has 0 bridgehead atoms. The molecule has 0 atom stereocenters. The van der Waals surface area contributed by atoms with Gasteiger partial charge in [0.25, 0.3) is 5.88 Å². The number of hydrogen-bond acceptors (Lipinski definition) is 4. The molecule has 2 rings (SSSR count). The summed E-state index contributed by atoms with van der Waals surface area (Å²) in [6.07, 6.45) is 2.03. The number of aromatic carboxylic acids is 1. The van der Waals surface area contributed by atoms with Crippen LogP contribution in [0.5, 0.6) is 11.6 Å². The molecule has 0 radical (unpaired) electrons. The number of ether oxygens (including phenoxy) is 1. The lowest BCUT2D eigenvalue weighted by Gasteiger charge is -2.03. The minimum Gasteiger partial charge on any atom is -0.476 e. The normalized spacial score (nSPS) is 10.0. The predicted octanol–water partition coefficient (Wildman–Crippen LogP) is 2.72. The van der Waals surface area contributed by atoms with Crippen LogP contribution in [0, 0.1) is 0 Å². The number of nitrogens with zero attached hydrogens (tertiary/aromatic N) is 2. The molecule has 0 saturated heterocycles. The molecule has 6 heteroatoms. The SMILES string of the molecule is CC(C)=Cc1ccc(Oc2[nH]nnc2C(=O)O)cc1. The molecule has 2 aromatic rings. The minimum absolute atomic E-state index is 0.0162. The van der Waals surface area contributed by atoms with E-state index in [0.717, 1.165) is 5.56 Å². The fourth-order valence-corrected chi connectivity index (χ4v) is 1.51. The smallest absolute Gasteiger partial charge is 0.362 e. The van der Waals surface area contributed by atoms with Crippen molar-refractivity contribution < 1.29 is 14.6 Å². The third-order valence-electron chi connectivity index (χ3n) is 2.27. The summed E-state index contributed by atoms with van der Waals surface area (Å²) in [5, 5.41) is 18.1. The van der Waals surface area contributed by atoms with Crippen LogP contribution in [0.4, 0.5) is 0 Å². The summed E-state index contributed by atoms with van der Waals surface area (Å²) in [4.78, 5) is 10.8. The van der Waals surface area contributed by atoms with Crippen LogP contribution in [0.15, 0.2) is 29.8 Å². The maximum atomic E-state index is 10.8. The molecule has 2 N–H and O–H groups in total. The molecule has 0 aliphatic carbocycles. The van der Waals surface area contributed by atoms with E-state index in [2.05, 4.69) is 15.4 Å². The number of aromatic nitrogens is 3. The first-order valence-electron chi connectivity index (χ1n) is 5.63. The van der Waals surface area contributed by atoms with E-state index in [1.54, 1.807) is 12.1 Å². The third-order valence-corrected chi connectivity index (χ3v) is 2.27. The van der Waals surface area contributed by atoms with E-state index in [9.17, 15) is 4.79 Å². The van der Waals surface area contributed by atoms with Crippen molar-refractivity contribution in [3.63, 3.8) is 0 Å². The van der Waals surface area contributed by atoms with Crippen molar-refractivity contribution in [1.82, 2.24) is 15.4 Å². The summed E-state index contributed by atoms with van der Waals surface area (Å²) in [7, 11) is 0. The van der Waals surface area contributed by atoms with E-state index in [4.69, 9.17) is 9.84 Å². The molecular formula is C13H13N3O3. The van der Waals surface area contributed by atoms with Crippen LogP contribution in [-0.4, -0.2) is 26.5 Å². The van der Waals surface area contributed by atoms with E-state index in [0.29, 0.717) is 5.75 Å². The molecule has 0 fully saturated rings. The third kappa shape index (κ3) is 3.19. The molecule has 1 aromatic heterocycles. The van der Waals surface area contributed by atoms with Crippen LogP contribution in [-0.2, 0) is 0 Å². The van der Waals surface area contributed by atoms with Gasteiger partial charge in [0, 0.05) is 0 Å². The summed E-state index contributed by atoms with van der Waals surface area (Å²) < 4.78 is 5.39. The molecule has 1 aromatic carbocycles. The second-order valence-corrected chi connectivity index (χ2v) is 4.19. The number of rotatable bonds is 4. The van der Waals surface area contributed by atoms with Gasteiger partial charge in [-0.1, -0.05) is 29.0 Å². The van der Waals surface area contributed by atoms with E-state index < -0.39 is 5.97 Å². The topological polar surface area (TPSA) is 88.1 Å². The van der Waals surface area contributed by atoms with Gasteiger partial charge >= 0.3 is 5.97 Å². The van der Waals surface area contributed by atoms with Crippen molar-refractivity contribution in [1.29, 1.82) is 0 Å². The Hall–Kier alpha value is -2.63. The number of nitrogens with one attached hydrogen (secondary N) is 1. The van der Waals surface area contributed by atoms with Gasteiger partial charge in [0.2, 0.25) is 5.69 Å². The Morgan fingerprint density at radius 3 is 2.58 bits per heavy atom. The van der Waals surface area contributed by atoms with Crippen LogP contribution < -0.4 is 4.74 Å². The van der Waals surface area contributed by atoms with Crippen LogP contribution >= 0.6 is 0 Å². The van der Waals surface area contributed by atoms with Crippen molar-refractivity contribution in [2.24, 2.45) is 0 Å². The Morgan fingerprint density at radius 2 is 2.00 bits per heavy atom. The highest BCUT2D eigenvalue weighted by Gasteiger charge is 2.16. The second-order valence-electron chi connectivity index (χ2n) is 4.19. The Balaban J connectivity index is 2.18. The molecule has 19 heavy (non-hydrogen) atoms. The van der Waals surface area contributed by atoms with Gasteiger partial charge in [0.1, 0.15) is 5.75 Å². The molecule has 98 valence electrons. The number of carbonyl (C=O) groups is 1. The maximum Gasteiger partial charge on any atom is 0.362 e. The number of allylic oxidation sites excluding steroid dienone is 1. The van der Waals surface area contributed by atoms with Crippen LogP contribution in [0.1, 0.15) is 29.9 Å². The molecule has 0 unspecified atom stereocenters. The molecule has 0 amide bonds. The number of H-pyrrole nitrogens is 1. The zero-order chi connectivity index (χ0) is 13.8. The highest BCUT2D eigenvalue weighted by molar-refractivity contribution is 5.87. The van der Waals surface area contributed by atoms with E-state index >= 15 is 0 Å².